The molecule has 2 heterocycles. The highest BCUT2D eigenvalue weighted by Gasteiger charge is 2.11. The van der Waals surface area contributed by atoms with E-state index in [2.05, 4.69) is 25.4 Å². The summed E-state index contributed by atoms with van der Waals surface area (Å²) in [6.07, 6.45) is 3.67. The van der Waals surface area contributed by atoms with Gasteiger partial charge in [-0.15, -0.1) is 0 Å². The average Bonchev–Trinajstić information content (AvgIpc) is 2.97. The minimum Gasteiger partial charge on any atom is -0.359 e. The molecule has 0 radical (unpaired) electrons. The molecule has 9 heteroatoms. The quantitative estimate of drug-likeness (QED) is 0.852. The molecule has 0 unspecified atom stereocenters. The molecule has 0 aromatic carbocycles. The number of hydrogen-bond donors (Lipinski definition) is 1. The molecule has 1 amide bonds. The van der Waals surface area contributed by atoms with Crippen LogP contribution in [0.5, 0.6) is 0 Å². The van der Waals surface area contributed by atoms with Crippen LogP contribution in [0.4, 0.5) is 5.95 Å². The molecule has 0 spiro atoms. The molecule has 106 valence electrons. The van der Waals surface area contributed by atoms with Crippen molar-refractivity contribution in [3.63, 3.8) is 0 Å². The van der Waals surface area contributed by atoms with Gasteiger partial charge in [0.25, 0.3) is 5.95 Å². The van der Waals surface area contributed by atoms with Crippen LogP contribution in [0.25, 0.3) is 5.95 Å². The Balaban J connectivity index is 2.17. The predicted octanol–water partition coefficient (Wildman–Crippen LogP) is 0.283. The average molecular weight is 296 g/mol. The minimum atomic E-state index is -0.0516. The third-order valence-corrected chi connectivity index (χ3v) is 2.76. The number of halogens is 1. The highest BCUT2D eigenvalue weighted by Crippen LogP contribution is 2.12. The van der Waals surface area contributed by atoms with Crippen LogP contribution in [0.15, 0.2) is 18.5 Å². The Kier molecular flexibility index (Phi) is 4.46. The fourth-order valence-electron chi connectivity index (χ4n) is 1.48. The summed E-state index contributed by atoms with van der Waals surface area (Å²) in [7, 11) is 3.37. The summed E-state index contributed by atoms with van der Waals surface area (Å²) in [6, 6.07) is 1.76. The molecule has 0 atom stereocenters. The first-order valence-corrected chi connectivity index (χ1v) is 6.31. The molecule has 0 bridgehead atoms. The third-order valence-electron chi connectivity index (χ3n) is 2.59. The summed E-state index contributed by atoms with van der Waals surface area (Å²) >= 11 is 5.89. The number of nitrogens with one attached hydrogen (secondary N) is 1. The molecule has 2 rings (SSSR count). The van der Waals surface area contributed by atoms with Gasteiger partial charge in [-0.05, 0) is 17.7 Å². The summed E-state index contributed by atoms with van der Waals surface area (Å²) in [5.74, 6) is 0.667. The number of aromatic nitrogens is 5. The van der Waals surface area contributed by atoms with Gasteiger partial charge in [0.05, 0.1) is 0 Å². The van der Waals surface area contributed by atoms with Gasteiger partial charge in [-0.2, -0.15) is 20.1 Å². The maximum atomic E-state index is 11.2. The maximum absolute atomic E-state index is 11.2. The molecule has 0 saturated carbocycles. The van der Waals surface area contributed by atoms with Crippen molar-refractivity contribution in [3.8, 4) is 5.95 Å². The van der Waals surface area contributed by atoms with Gasteiger partial charge in [-0.25, -0.2) is 4.68 Å². The Morgan fingerprint density at radius 1 is 1.45 bits per heavy atom. The highest BCUT2D eigenvalue weighted by molar-refractivity contribution is 6.28. The van der Waals surface area contributed by atoms with E-state index in [9.17, 15) is 4.79 Å². The molecule has 2 aromatic heterocycles. The predicted molar refractivity (Wildman–Crippen MR) is 73.9 cm³/mol. The Hall–Kier alpha value is -2.22. The van der Waals surface area contributed by atoms with E-state index < -0.39 is 0 Å². The van der Waals surface area contributed by atoms with Crippen molar-refractivity contribution in [3.05, 3.63) is 23.7 Å². The number of rotatable bonds is 5. The van der Waals surface area contributed by atoms with Crippen LogP contribution in [0, 0.1) is 0 Å². The van der Waals surface area contributed by atoms with E-state index >= 15 is 0 Å². The normalized spacial score (nSPS) is 10.3. The van der Waals surface area contributed by atoms with Crippen LogP contribution < -0.4 is 10.2 Å². The Labute approximate surface area is 120 Å². The first-order chi connectivity index (χ1) is 9.60. The number of anilines is 1. The van der Waals surface area contributed by atoms with Crippen LogP contribution >= 0.6 is 11.6 Å². The zero-order valence-corrected chi connectivity index (χ0v) is 11.9. The van der Waals surface area contributed by atoms with E-state index in [1.54, 1.807) is 37.5 Å². The number of nitrogens with zero attached hydrogens (tertiary/aromatic N) is 6. The summed E-state index contributed by atoms with van der Waals surface area (Å²) in [5, 5.41) is 6.67. The van der Waals surface area contributed by atoms with Gasteiger partial charge in [0.1, 0.15) is 0 Å². The van der Waals surface area contributed by atoms with E-state index in [4.69, 9.17) is 11.6 Å². The first kappa shape index (κ1) is 14.2. The number of amides is 1. The van der Waals surface area contributed by atoms with E-state index in [-0.39, 0.29) is 11.2 Å². The summed E-state index contributed by atoms with van der Waals surface area (Å²) in [4.78, 5) is 25.3. The Morgan fingerprint density at radius 3 is 2.90 bits per heavy atom. The zero-order chi connectivity index (χ0) is 14.5. The fraction of sp³-hybridized carbons (Fsp3) is 0.364. The van der Waals surface area contributed by atoms with Crippen molar-refractivity contribution >= 4 is 23.5 Å². The summed E-state index contributed by atoms with van der Waals surface area (Å²) in [6.45, 7) is 0.471. The van der Waals surface area contributed by atoms with Gasteiger partial charge in [0.15, 0.2) is 0 Å². The molecule has 2 aromatic rings. The first-order valence-electron chi connectivity index (χ1n) is 5.93. The van der Waals surface area contributed by atoms with Crippen LogP contribution in [-0.4, -0.2) is 51.3 Å². The lowest BCUT2D eigenvalue weighted by atomic mass is 10.4. The molecule has 0 aliphatic heterocycles. The van der Waals surface area contributed by atoms with Gasteiger partial charge in [-0.1, -0.05) is 0 Å². The van der Waals surface area contributed by atoms with E-state index in [0.717, 1.165) is 0 Å². The number of hydrogen-bond acceptors (Lipinski definition) is 6. The third kappa shape index (κ3) is 3.41. The molecule has 8 nitrogen and oxygen atoms in total. The Bertz CT molecular complexity index is 586. The fourth-order valence-corrected chi connectivity index (χ4v) is 1.64. The lowest BCUT2D eigenvalue weighted by molar-refractivity contribution is -0.120. The molecular weight excluding hydrogens is 282 g/mol. The topological polar surface area (TPSA) is 88.8 Å². The van der Waals surface area contributed by atoms with E-state index in [1.165, 1.54) is 4.68 Å². The van der Waals surface area contributed by atoms with Crippen LogP contribution in [-0.2, 0) is 4.79 Å². The molecule has 0 fully saturated rings. The van der Waals surface area contributed by atoms with Gasteiger partial charge in [0, 0.05) is 39.5 Å². The molecule has 20 heavy (non-hydrogen) atoms. The van der Waals surface area contributed by atoms with Crippen molar-refractivity contribution in [2.45, 2.75) is 6.42 Å². The van der Waals surface area contributed by atoms with Crippen molar-refractivity contribution in [1.29, 1.82) is 0 Å². The lowest BCUT2D eigenvalue weighted by Crippen LogP contribution is -2.28. The van der Waals surface area contributed by atoms with Gasteiger partial charge < -0.3 is 10.2 Å². The van der Waals surface area contributed by atoms with Gasteiger partial charge in [-0.3, -0.25) is 4.79 Å². The number of carbonyl (C=O) groups excluding carboxylic acids is 1. The van der Waals surface area contributed by atoms with Crippen molar-refractivity contribution in [2.75, 3.05) is 25.5 Å². The van der Waals surface area contributed by atoms with Crippen LogP contribution in [0.1, 0.15) is 6.42 Å². The number of carbonyl (C=O) groups is 1. The van der Waals surface area contributed by atoms with Crippen molar-refractivity contribution < 1.29 is 4.79 Å². The van der Waals surface area contributed by atoms with E-state index in [1.807, 2.05) is 0 Å². The zero-order valence-electron chi connectivity index (χ0n) is 11.1. The molecule has 0 aliphatic rings. The smallest absolute Gasteiger partial charge is 0.256 e. The second-order valence-electron chi connectivity index (χ2n) is 4.00. The molecule has 0 aliphatic carbocycles. The summed E-state index contributed by atoms with van der Waals surface area (Å²) < 4.78 is 1.49. The maximum Gasteiger partial charge on any atom is 0.256 e. The lowest BCUT2D eigenvalue weighted by Gasteiger charge is -2.16. The summed E-state index contributed by atoms with van der Waals surface area (Å²) in [5.41, 5.74) is 0. The monoisotopic (exact) mass is 295 g/mol. The van der Waals surface area contributed by atoms with Crippen LogP contribution in [0.3, 0.4) is 0 Å². The standard InChI is InChI=1S/C11H14ClN7O/c1-13-8(20)4-7-18(2)10-15-9(12)16-11(17-10)19-6-3-5-14-19/h3,5-6H,4,7H2,1-2H3,(H,13,20). The molecular formula is C11H14ClN7O. The van der Waals surface area contributed by atoms with Crippen LogP contribution in [0.2, 0.25) is 5.28 Å². The van der Waals surface area contributed by atoms with Crippen molar-refractivity contribution in [1.82, 2.24) is 30.0 Å². The molecule has 1 N–H and O–H groups in total. The van der Waals surface area contributed by atoms with Crippen molar-refractivity contribution in [2.24, 2.45) is 0 Å². The second-order valence-corrected chi connectivity index (χ2v) is 4.34. The largest absolute Gasteiger partial charge is 0.359 e. The molecule has 0 saturated heterocycles. The SMILES string of the molecule is CNC(=O)CCN(C)c1nc(Cl)nc(-n2cccn2)n1. The Morgan fingerprint density at radius 2 is 2.25 bits per heavy atom. The highest BCUT2D eigenvalue weighted by atomic mass is 35.5. The van der Waals surface area contributed by atoms with Gasteiger partial charge in [0.2, 0.25) is 17.1 Å². The van der Waals surface area contributed by atoms with Gasteiger partial charge >= 0.3 is 0 Å². The second kappa shape index (κ2) is 6.29. The van der Waals surface area contributed by atoms with E-state index in [0.29, 0.717) is 24.9 Å². The minimum absolute atomic E-state index is 0.0516.